The fraction of sp³-hybridized carbons (Fsp3) is 0.440. The molecule has 2 aliphatic rings. The number of rotatable bonds is 6. The van der Waals surface area contributed by atoms with Gasteiger partial charge in [-0.15, -0.1) is 0 Å². The minimum Gasteiger partial charge on any atom is -0.340 e. The highest BCUT2D eigenvalue weighted by molar-refractivity contribution is 6.10. The van der Waals surface area contributed by atoms with Gasteiger partial charge in [-0.05, 0) is 30.7 Å². The lowest BCUT2D eigenvalue weighted by Crippen LogP contribution is -2.50. The summed E-state index contributed by atoms with van der Waals surface area (Å²) in [4.78, 5) is 48.4. The van der Waals surface area contributed by atoms with E-state index in [-0.39, 0.29) is 30.9 Å². The Balaban J connectivity index is 1.53. The molecule has 1 aromatic carbocycles. The third-order valence-electron chi connectivity index (χ3n) is 6.76. The number of hydrogen-bond acceptors (Lipinski definition) is 5. The summed E-state index contributed by atoms with van der Waals surface area (Å²) in [7, 11) is 0. The standard InChI is InChI=1S/C25H27F3N4O3/c1-2-32-22(34)16-24(23(32)35,18-6-5-7-19(14-18)25(26,27)28)15-21(33)31-12-10-30(11-13-31)17-20-8-3-4-9-29-20/h3-9,14H,2,10-13,15-17H2,1H3/t24-/m1/s1. The Kier molecular flexibility index (Phi) is 6.93. The van der Waals surface area contributed by atoms with Crippen LogP contribution < -0.4 is 0 Å². The van der Waals surface area contributed by atoms with Gasteiger partial charge in [0.05, 0.1) is 16.7 Å². The molecule has 2 saturated heterocycles. The molecule has 0 N–H and O–H groups in total. The number of piperazine rings is 1. The van der Waals surface area contributed by atoms with E-state index in [0.29, 0.717) is 32.7 Å². The van der Waals surface area contributed by atoms with Crippen LogP contribution in [0.3, 0.4) is 0 Å². The van der Waals surface area contributed by atoms with Crippen molar-refractivity contribution in [2.45, 2.75) is 37.9 Å². The van der Waals surface area contributed by atoms with Crippen molar-refractivity contribution in [3.63, 3.8) is 0 Å². The highest BCUT2D eigenvalue weighted by Gasteiger charge is 2.54. The average Bonchev–Trinajstić information content (AvgIpc) is 3.09. The molecule has 1 aromatic heterocycles. The second-order valence-corrected chi connectivity index (χ2v) is 8.94. The molecule has 2 aromatic rings. The number of carbonyl (C=O) groups excluding carboxylic acids is 3. The van der Waals surface area contributed by atoms with Gasteiger partial charge in [0.15, 0.2) is 0 Å². The molecular weight excluding hydrogens is 461 g/mol. The largest absolute Gasteiger partial charge is 0.416 e. The van der Waals surface area contributed by atoms with Crippen LogP contribution in [0.1, 0.15) is 36.6 Å². The zero-order valence-electron chi connectivity index (χ0n) is 19.4. The number of aromatic nitrogens is 1. The summed E-state index contributed by atoms with van der Waals surface area (Å²) in [6, 6.07) is 10.1. The van der Waals surface area contributed by atoms with Crippen LogP contribution in [0, 0.1) is 0 Å². The molecule has 0 unspecified atom stereocenters. The molecule has 0 spiro atoms. The molecule has 4 rings (SSSR count). The molecule has 10 heteroatoms. The number of halogens is 3. The predicted molar refractivity (Wildman–Crippen MR) is 121 cm³/mol. The lowest BCUT2D eigenvalue weighted by molar-refractivity contribution is -0.143. The van der Waals surface area contributed by atoms with Crippen molar-refractivity contribution >= 4 is 17.7 Å². The molecule has 3 heterocycles. The Labute approximate surface area is 201 Å². The quantitative estimate of drug-likeness (QED) is 0.585. The lowest BCUT2D eigenvalue weighted by atomic mass is 9.75. The van der Waals surface area contributed by atoms with Gasteiger partial charge < -0.3 is 4.90 Å². The van der Waals surface area contributed by atoms with Gasteiger partial charge in [-0.2, -0.15) is 13.2 Å². The smallest absolute Gasteiger partial charge is 0.340 e. The van der Waals surface area contributed by atoms with Crippen molar-refractivity contribution < 1.29 is 27.6 Å². The number of benzene rings is 1. The van der Waals surface area contributed by atoms with Gasteiger partial charge >= 0.3 is 6.18 Å². The van der Waals surface area contributed by atoms with Gasteiger partial charge in [-0.3, -0.25) is 29.2 Å². The van der Waals surface area contributed by atoms with E-state index in [0.717, 1.165) is 22.7 Å². The predicted octanol–water partition coefficient (Wildman–Crippen LogP) is 2.85. The second-order valence-electron chi connectivity index (χ2n) is 8.94. The van der Waals surface area contributed by atoms with E-state index in [4.69, 9.17) is 0 Å². The van der Waals surface area contributed by atoms with Gasteiger partial charge in [0.2, 0.25) is 17.7 Å². The Bertz CT molecular complexity index is 1100. The number of likely N-dealkylation sites (tertiary alicyclic amines) is 1. The second kappa shape index (κ2) is 9.77. The Morgan fingerprint density at radius 1 is 1.06 bits per heavy atom. The number of alkyl halides is 3. The van der Waals surface area contributed by atoms with Gasteiger partial charge in [0.25, 0.3) is 0 Å². The fourth-order valence-corrected chi connectivity index (χ4v) is 4.83. The summed E-state index contributed by atoms with van der Waals surface area (Å²) in [5.74, 6) is -1.45. The highest BCUT2D eigenvalue weighted by Crippen LogP contribution is 2.42. The van der Waals surface area contributed by atoms with E-state index in [9.17, 15) is 27.6 Å². The average molecular weight is 489 g/mol. The maximum Gasteiger partial charge on any atom is 0.416 e. The van der Waals surface area contributed by atoms with Crippen molar-refractivity contribution in [3.05, 3.63) is 65.5 Å². The molecule has 3 amide bonds. The topological polar surface area (TPSA) is 73.8 Å². The van der Waals surface area contributed by atoms with Crippen LogP contribution in [0.15, 0.2) is 48.7 Å². The number of pyridine rings is 1. The summed E-state index contributed by atoms with van der Waals surface area (Å²) in [5.41, 5.74) is -1.59. The molecule has 1 atom stereocenters. The summed E-state index contributed by atoms with van der Waals surface area (Å²) in [6.07, 6.45) is -3.56. The van der Waals surface area contributed by atoms with Crippen molar-refractivity contribution in [3.8, 4) is 0 Å². The molecule has 2 aliphatic heterocycles. The van der Waals surface area contributed by atoms with Crippen molar-refractivity contribution in [1.82, 2.24) is 19.7 Å². The number of amides is 3. The Hall–Kier alpha value is -3.27. The van der Waals surface area contributed by atoms with Crippen molar-refractivity contribution in [2.24, 2.45) is 0 Å². The zero-order valence-corrected chi connectivity index (χ0v) is 19.4. The SMILES string of the molecule is CCN1C(=O)C[C@](CC(=O)N2CCN(Cc3ccccn3)CC2)(c2cccc(C(F)(F)F)c2)C1=O. The molecule has 0 bridgehead atoms. The molecule has 2 fully saturated rings. The Morgan fingerprint density at radius 3 is 2.40 bits per heavy atom. The molecule has 0 radical (unpaired) electrons. The first-order chi connectivity index (χ1) is 16.6. The van der Waals surface area contributed by atoms with E-state index < -0.39 is 29.0 Å². The number of likely N-dealkylation sites (N-methyl/N-ethyl adjacent to an activating group) is 1. The van der Waals surface area contributed by atoms with Crippen LogP contribution >= 0.6 is 0 Å². The lowest BCUT2D eigenvalue weighted by Gasteiger charge is -2.36. The zero-order chi connectivity index (χ0) is 25.2. The van der Waals surface area contributed by atoms with Gasteiger partial charge in [0.1, 0.15) is 0 Å². The molecule has 186 valence electrons. The van der Waals surface area contributed by atoms with Gasteiger partial charge in [0, 0.05) is 58.3 Å². The van der Waals surface area contributed by atoms with Crippen LogP contribution in [-0.4, -0.2) is 70.1 Å². The van der Waals surface area contributed by atoms with E-state index in [1.165, 1.54) is 12.1 Å². The van der Waals surface area contributed by atoms with Crippen molar-refractivity contribution in [1.29, 1.82) is 0 Å². The van der Waals surface area contributed by atoms with Gasteiger partial charge in [-0.25, -0.2) is 0 Å². The first-order valence-corrected chi connectivity index (χ1v) is 11.6. The number of carbonyl (C=O) groups is 3. The monoisotopic (exact) mass is 488 g/mol. The summed E-state index contributed by atoms with van der Waals surface area (Å²) in [6.45, 7) is 4.42. The van der Waals surface area contributed by atoms with Crippen LogP contribution in [0.2, 0.25) is 0 Å². The molecular formula is C25H27F3N4O3. The maximum atomic E-state index is 13.4. The summed E-state index contributed by atoms with van der Waals surface area (Å²) < 4.78 is 40.2. The highest BCUT2D eigenvalue weighted by atomic mass is 19.4. The number of hydrogen-bond donors (Lipinski definition) is 0. The summed E-state index contributed by atoms with van der Waals surface area (Å²) >= 11 is 0. The molecule has 7 nitrogen and oxygen atoms in total. The van der Waals surface area contributed by atoms with E-state index >= 15 is 0 Å². The first-order valence-electron chi connectivity index (χ1n) is 11.6. The normalized spacial score (nSPS) is 21.6. The number of nitrogens with zero attached hydrogens (tertiary/aromatic N) is 4. The molecule has 35 heavy (non-hydrogen) atoms. The minimum absolute atomic E-state index is 0.0452. The van der Waals surface area contributed by atoms with Crippen LogP contribution in [0.4, 0.5) is 13.2 Å². The fourth-order valence-electron chi connectivity index (χ4n) is 4.83. The molecule has 0 aliphatic carbocycles. The summed E-state index contributed by atoms with van der Waals surface area (Å²) in [5, 5.41) is 0. The van der Waals surface area contributed by atoms with Crippen LogP contribution in [0.5, 0.6) is 0 Å². The first kappa shape index (κ1) is 24.8. The van der Waals surface area contributed by atoms with Crippen LogP contribution in [0.25, 0.3) is 0 Å². The third-order valence-corrected chi connectivity index (χ3v) is 6.76. The van der Waals surface area contributed by atoms with Crippen molar-refractivity contribution in [2.75, 3.05) is 32.7 Å². The maximum absolute atomic E-state index is 13.4. The van der Waals surface area contributed by atoms with E-state index in [1.807, 2.05) is 18.2 Å². The van der Waals surface area contributed by atoms with E-state index in [1.54, 1.807) is 18.0 Å². The third kappa shape index (κ3) is 5.07. The van der Waals surface area contributed by atoms with Gasteiger partial charge in [-0.1, -0.05) is 24.3 Å². The van der Waals surface area contributed by atoms with E-state index in [2.05, 4.69) is 9.88 Å². The number of imide groups is 1. The van der Waals surface area contributed by atoms with Crippen LogP contribution in [-0.2, 0) is 32.5 Å². The Morgan fingerprint density at radius 2 is 1.80 bits per heavy atom. The molecule has 0 saturated carbocycles. The minimum atomic E-state index is -4.61.